The minimum atomic E-state index is -3.20. The summed E-state index contributed by atoms with van der Waals surface area (Å²) in [6.07, 6.45) is 0. The van der Waals surface area contributed by atoms with Crippen molar-refractivity contribution in [1.29, 1.82) is 0 Å². The van der Waals surface area contributed by atoms with Crippen LogP contribution < -0.4 is 14.7 Å². The second-order valence-electron chi connectivity index (χ2n) is 10.8. The highest BCUT2D eigenvalue weighted by Crippen LogP contribution is 2.32. The van der Waals surface area contributed by atoms with Gasteiger partial charge in [0.1, 0.15) is 7.32 Å². The lowest BCUT2D eigenvalue weighted by molar-refractivity contribution is -0.372. The Morgan fingerprint density at radius 2 is 0.509 bits per heavy atom. The molecule has 0 aromatic heterocycles. The number of rotatable bonds is 8. The van der Waals surface area contributed by atoms with Crippen LogP contribution in [0.25, 0.3) is 0 Å². The second-order valence-corrected chi connectivity index (χ2v) is 14.8. The van der Waals surface area contributed by atoms with Gasteiger partial charge < -0.3 is 14.7 Å². The molecule has 0 amide bonds. The fourth-order valence-electron chi connectivity index (χ4n) is 4.94. The van der Waals surface area contributed by atoms with Crippen LogP contribution in [0.5, 0.6) is 5.75 Å². The van der Waals surface area contributed by atoms with Crippen molar-refractivity contribution in [1.82, 2.24) is 0 Å². The molecule has 0 saturated carbocycles. The Bertz CT molecular complexity index is 1800. The molecule has 0 bridgehead atoms. The molecule has 0 radical (unpaired) electrons. The first kappa shape index (κ1) is 38.9. The Morgan fingerprint density at radius 3 is 0.698 bits per heavy atom. The fourth-order valence-corrected chi connectivity index (χ4v) is 9.15. The van der Waals surface area contributed by atoms with E-state index in [1.165, 1.54) is 29.4 Å². The molecule has 0 fully saturated rings. The van der Waals surface area contributed by atoms with Gasteiger partial charge in [0, 0.05) is 0 Å². The maximum absolute atomic E-state index is 12.6. The Labute approximate surface area is 310 Å². The minimum absolute atomic E-state index is 0.0146. The van der Waals surface area contributed by atoms with Gasteiger partial charge in [-0.25, -0.2) is 13.2 Å². The first-order chi connectivity index (χ1) is 25.8. The van der Waals surface area contributed by atoms with E-state index >= 15 is 0 Å². The summed E-state index contributed by atoms with van der Waals surface area (Å²) in [5, 5.41) is 19.7. The highest BCUT2D eigenvalue weighted by atomic mass is 32.2. The Hall–Kier alpha value is -5.33. The van der Waals surface area contributed by atoms with Crippen molar-refractivity contribution in [3.63, 3.8) is 0 Å². The lowest BCUT2D eigenvalue weighted by Crippen LogP contribution is -2.50. The Balaban J connectivity index is 0.000000155. The van der Waals surface area contributed by atoms with Crippen molar-refractivity contribution in [2.75, 3.05) is 0 Å². The Kier molecular flexibility index (Phi) is 14.3. The third-order valence-corrected chi connectivity index (χ3v) is 11.7. The molecule has 0 atom stereocenters. The second kappa shape index (κ2) is 19.5. The molecule has 0 saturated heterocycles. The van der Waals surface area contributed by atoms with Gasteiger partial charge in [-0.3, -0.25) is 0 Å². The summed E-state index contributed by atoms with van der Waals surface area (Å²) in [7, 11) is -3.23. The Morgan fingerprint density at radius 1 is 0.321 bits per heavy atom. The van der Waals surface area contributed by atoms with Crippen LogP contribution in [0.3, 0.4) is 0 Å². The first-order valence-corrected chi connectivity index (χ1v) is 18.5. The minimum Gasteiger partial charge on any atom is -0.860 e. The normalized spacial score (nSPS) is 10.5. The highest BCUT2D eigenvalue weighted by molar-refractivity contribution is 7.97. The van der Waals surface area contributed by atoms with E-state index in [-0.39, 0.29) is 21.8 Å². The van der Waals surface area contributed by atoms with Gasteiger partial charge in [0.2, 0.25) is 29.1 Å². The number of benzene rings is 7. The van der Waals surface area contributed by atoms with Crippen LogP contribution in [-0.4, -0.2) is 7.32 Å². The van der Waals surface area contributed by atoms with Crippen molar-refractivity contribution in [2.45, 2.75) is 29.4 Å². The van der Waals surface area contributed by atoms with E-state index in [1.807, 2.05) is 0 Å². The zero-order chi connectivity index (χ0) is 37.6. The topological polar surface area (TPSA) is 55.3 Å². The molecule has 3 nitrogen and oxygen atoms in total. The average Bonchev–Trinajstić information content (AvgIpc) is 3.21. The molecule has 0 unspecified atom stereocenters. The summed E-state index contributed by atoms with van der Waals surface area (Å²) < 4.78 is 65.9. The smallest absolute Gasteiger partial charge is 0.205 e. The number of halogens is 5. The molecule has 0 heterocycles. The molecular weight excluding hydrogens is 722 g/mol. The monoisotopic (exact) mass is 752 g/mol. The third-order valence-electron chi connectivity index (χ3n) is 7.26. The zero-order valence-electron chi connectivity index (χ0n) is 27.8. The van der Waals surface area contributed by atoms with E-state index in [9.17, 15) is 32.0 Å². The maximum atomic E-state index is 12.6. The molecule has 266 valence electrons. The van der Waals surface area contributed by atoms with E-state index in [1.54, 1.807) is 0 Å². The summed E-state index contributed by atoms with van der Waals surface area (Å²) in [4.78, 5) is 8.17. The molecule has 0 N–H and O–H groups in total. The van der Waals surface area contributed by atoms with Crippen molar-refractivity contribution >= 4 is 29.1 Å². The largest absolute Gasteiger partial charge is 0.860 e. The molecule has 11 heteroatoms. The molecule has 7 rings (SSSR count). The van der Waals surface area contributed by atoms with E-state index in [0.29, 0.717) is 0 Å². The van der Waals surface area contributed by atoms with Gasteiger partial charge in [0.15, 0.2) is 35.1 Å². The summed E-state index contributed by atoms with van der Waals surface area (Å²) in [6.45, 7) is 0. The van der Waals surface area contributed by atoms with Crippen molar-refractivity contribution in [3.05, 3.63) is 211 Å². The zero-order valence-corrected chi connectivity index (χ0v) is 29.5. The van der Waals surface area contributed by atoms with Gasteiger partial charge in [-0.2, -0.15) is 8.78 Å². The van der Waals surface area contributed by atoms with E-state index in [4.69, 9.17) is 0 Å². The maximum Gasteiger partial charge on any atom is 0.205 e. The van der Waals surface area contributed by atoms with Gasteiger partial charge in [-0.1, -0.05) is 109 Å². The molecule has 53 heavy (non-hydrogen) atoms. The summed E-state index contributed by atoms with van der Waals surface area (Å²) in [5.41, 5.74) is 0. The van der Waals surface area contributed by atoms with Gasteiger partial charge in [0.25, 0.3) is 0 Å². The molecular formula is C42H30BF5O3S2. The molecule has 0 aliphatic rings. The fraction of sp³-hybridized carbons (Fsp3) is 0. The van der Waals surface area contributed by atoms with Gasteiger partial charge in [0.05, 0.1) is 21.8 Å². The standard InChI is InChI=1S/2C18H15S.C6BF5O3/c2*1-4-10-16(11-5-1)19(17-12-6-2-7-13-17)18-14-8-3-9-15-18;8-1-2(9)4(11)6(15-7(13)14)5(12)3(1)10/h2*1-15H;/q2*+1;-2. The SMILES string of the molecule is [O-]B([O-])Oc1c(F)c(F)c(F)c(F)c1F.c1ccc([S+](c2ccccc2)c2ccccc2)cc1.c1ccc([S+](c2ccccc2)c2ccccc2)cc1. The predicted octanol–water partition coefficient (Wildman–Crippen LogP) is 9.03. The van der Waals surface area contributed by atoms with Crippen LogP contribution in [0.4, 0.5) is 22.0 Å². The molecule has 7 aromatic rings. The third kappa shape index (κ3) is 10.4. The van der Waals surface area contributed by atoms with Crippen LogP contribution in [-0.2, 0) is 21.8 Å². The molecule has 7 aromatic carbocycles. The molecule has 0 aliphatic carbocycles. The number of hydrogen-bond acceptors (Lipinski definition) is 3. The summed E-state index contributed by atoms with van der Waals surface area (Å²) >= 11 is 0. The van der Waals surface area contributed by atoms with Gasteiger partial charge in [-0.15, -0.1) is 0 Å². The van der Waals surface area contributed by atoms with Crippen LogP contribution in [0, 0.1) is 29.1 Å². The lowest BCUT2D eigenvalue weighted by atomic mass is 10.2. The van der Waals surface area contributed by atoms with Crippen molar-refractivity contribution in [2.24, 2.45) is 0 Å². The van der Waals surface area contributed by atoms with E-state index < -0.39 is 42.2 Å². The quantitative estimate of drug-likeness (QED) is 0.0512. The molecule has 0 spiro atoms. The average molecular weight is 753 g/mol. The van der Waals surface area contributed by atoms with Crippen molar-refractivity contribution < 1.29 is 36.7 Å². The van der Waals surface area contributed by atoms with Crippen LogP contribution in [0.15, 0.2) is 211 Å². The summed E-state index contributed by atoms with van der Waals surface area (Å²) in [6, 6.07) is 64.3. The van der Waals surface area contributed by atoms with Crippen LogP contribution in [0.1, 0.15) is 0 Å². The summed E-state index contributed by atoms with van der Waals surface area (Å²) in [5.74, 6) is -13.6. The van der Waals surface area contributed by atoms with Gasteiger partial charge >= 0.3 is 0 Å². The van der Waals surface area contributed by atoms with E-state index in [0.717, 1.165) is 0 Å². The molecule has 0 aliphatic heterocycles. The number of hydrogen-bond donors (Lipinski definition) is 0. The lowest BCUT2D eigenvalue weighted by Gasteiger charge is -2.27. The highest BCUT2D eigenvalue weighted by Gasteiger charge is 2.29. The van der Waals surface area contributed by atoms with Gasteiger partial charge in [-0.05, 0) is 72.8 Å². The van der Waals surface area contributed by atoms with Crippen molar-refractivity contribution in [3.8, 4) is 5.75 Å². The van der Waals surface area contributed by atoms with Crippen LogP contribution in [0.2, 0.25) is 0 Å². The first-order valence-electron chi connectivity index (χ1n) is 16.0. The van der Waals surface area contributed by atoms with Crippen LogP contribution >= 0.6 is 0 Å². The van der Waals surface area contributed by atoms with E-state index in [2.05, 4.69) is 187 Å². The predicted molar refractivity (Wildman–Crippen MR) is 196 cm³/mol.